The first-order valence-electron chi connectivity index (χ1n) is 5.39. The van der Waals surface area contributed by atoms with Crippen molar-refractivity contribution in [1.29, 1.82) is 0 Å². The Labute approximate surface area is 104 Å². The third-order valence-corrected chi connectivity index (χ3v) is 4.43. The summed E-state index contributed by atoms with van der Waals surface area (Å²) in [6.45, 7) is 3.24. The fraction of sp³-hybridized carbons (Fsp3) is 0.636. The first-order valence-corrected chi connectivity index (χ1v) is 7.07. The minimum absolute atomic E-state index is 0.877. The van der Waals surface area contributed by atoms with Crippen molar-refractivity contribution in [2.75, 3.05) is 20.1 Å². The molecule has 0 saturated heterocycles. The Balaban J connectivity index is 1.58. The van der Waals surface area contributed by atoms with E-state index >= 15 is 0 Å². The summed E-state index contributed by atoms with van der Waals surface area (Å²) in [5, 5.41) is 5.61. The molecule has 1 N–H and O–H groups in total. The largest absolute Gasteiger partial charge is 0.311 e. The van der Waals surface area contributed by atoms with Crippen molar-refractivity contribution < 1.29 is 0 Å². The zero-order chi connectivity index (χ0) is 10.7. The number of hydrogen-bond donors (Lipinski definition) is 1. The molecule has 1 aromatic rings. The van der Waals surface area contributed by atoms with Crippen LogP contribution in [0.4, 0.5) is 0 Å². The molecule has 1 aromatic heterocycles. The molecule has 0 atom stereocenters. The summed E-state index contributed by atoms with van der Waals surface area (Å²) in [5.74, 6) is 0. The molecule has 84 valence electrons. The number of halogens is 1. The van der Waals surface area contributed by atoms with Gasteiger partial charge in [0.15, 0.2) is 0 Å². The quantitative estimate of drug-likeness (QED) is 0.810. The van der Waals surface area contributed by atoms with Gasteiger partial charge in [-0.05, 0) is 41.9 Å². The van der Waals surface area contributed by atoms with Gasteiger partial charge in [0.2, 0.25) is 0 Å². The number of rotatable bonds is 6. The Hall–Kier alpha value is 0.1000. The zero-order valence-corrected chi connectivity index (χ0v) is 11.4. The highest BCUT2D eigenvalue weighted by atomic mass is 79.9. The lowest BCUT2D eigenvalue weighted by Gasteiger charge is -2.15. The molecule has 1 fully saturated rings. The van der Waals surface area contributed by atoms with Crippen LogP contribution in [0.3, 0.4) is 0 Å². The highest BCUT2D eigenvalue weighted by molar-refractivity contribution is 9.10. The predicted octanol–water partition coefficient (Wildman–Crippen LogP) is 2.69. The van der Waals surface area contributed by atoms with Crippen LogP contribution < -0.4 is 5.32 Å². The van der Waals surface area contributed by atoms with Crippen molar-refractivity contribution in [1.82, 2.24) is 10.2 Å². The average molecular weight is 289 g/mol. The number of thiophene rings is 1. The molecule has 0 unspecified atom stereocenters. The summed E-state index contributed by atoms with van der Waals surface area (Å²) < 4.78 is 1.19. The minimum atomic E-state index is 0.877. The lowest BCUT2D eigenvalue weighted by atomic mass is 10.4. The van der Waals surface area contributed by atoms with Gasteiger partial charge in [-0.15, -0.1) is 11.3 Å². The van der Waals surface area contributed by atoms with E-state index in [2.05, 4.69) is 44.6 Å². The maximum Gasteiger partial charge on any atom is 0.0300 e. The van der Waals surface area contributed by atoms with Crippen molar-refractivity contribution >= 4 is 27.3 Å². The maximum absolute atomic E-state index is 3.48. The van der Waals surface area contributed by atoms with Gasteiger partial charge in [-0.2, -0.15) is 0 Å². The monoisotopic (exact) mass is 288 g/mol. The van der Waals surface area contributed by atoms with Crippen molar-refractivity contribution in [2.45, 2.75) is 25.4 Å². The van der Waals surface area contributed by atoms with E-state index in [0.29, 0.717) is 0 Å². The van der Waals surface area contributed by atoms with Crippen LogP contribution in [-0.2, 0) is 6.54 Å². The lowest BCUT2D eigenvalue weighted by molar-refractivity contribution is 0.322. The van der Waals surface area contributed by atoms with Crippen molar-refractivity contribution in [2.24, 2.45) is 0 Å². The third kappa shape index (κ3) is 3.87. The van der Waals surface area contributed by atoms with Crippen LogP contribution in [-0.4, -0.2) is 31.1 Å². The van der Waals surface area contributed by atoms with Gasteiger partial charge in [0.25, 0.3) is 0 Å². The van der Waals surface area contributed by atoms with E-state index in [4.69, 9.17) is 0 Å². The van der Waals surface area contributed by atoms with Gasteiger partial charge in [-0.25, -0.2) is 0 Å². The average Bonchev–Trinajstić information content (AvgIpc) is 2.98. The second-order valence-corrected chi connectivity index (χ2v) is 6.03. The Morgan fingerprint density at radius 3 is 3.00 bits per heavy atom. The van der Waals surface area contributed by atoms with Gasteiger partial charge in [0.1, 0.15) is 0 Å². The number of nitrogens with one attached hydrogen (secondary N) is 1. The van der Waals surface area contributed by atoms with E-state index in [9.17, 15) is 0 Å². The lowest BCUT2D eigenvalue weighted by Crippen LogP contribution is -2.30. The molecule has 0 radical (unpaired) electrons. The van der Waals surface area contributed by atoms with Crippen LogP contribution in [0, 0.1) is 0 Å². The Bertz CT molecular complexity index is 309. The van der Waals surface area contributed by atoms with Crippen LogP contribution in [0.15, 0.2) is 15.9 Å². The van der Waals surface area contributed by atoms with Crippen molar-refractivity contribution in [3.63, 3.8) is 0 Å². The van der Waals surface area contributed by atoms with Crippen LogP contribution in [0.2, 0.25) is 0 Å². The molecular formula is C11H17BrN2S. The highest BCUT2D eigenvalue weighted by Crippen LogP contribution is 2.24. The summed E-state index contributed by atoms with van der Waals surface area (Å²) in [7, 11) is 2.22. The molecule has 0 amide bonds. The third-order valence-electron chi connectivity index (χ3n) is 2.73. The number of hydrogen-bond acceptors (Lipinski definition) is 3. The van der Waals surface area contributed by atoms with Gasteiger partial charge < -0.3 is 10.2 Å². The van der Waals surface area contributed by atoms with Crippen molar-refractivity contribution in [3.8, 4) is 0 Å². The molecule has 1 aliphatic rings. The van der Waals surface area contributed by atoms with Crippen LogP contribution >= 0.6 is 27.3 Å². The summed E-state index contributed by atoms with van der Waals surface area (Å²) >= 11 is 5.27. The zero-order valence-electron chi connectivity index (χ0n) is 9.00. The van der Waals surface area contributed by atoms with Crippen LogP contribution in [0.5, 0.6) is 0 Å². The molecule has 1 saturated carbocycles. The SMILES string of the molecule is CN(CCNCc1cc(Br)cs1)C1CC1. The Morgan fingerprint density at radius 2 is 2.40 bits per heavy atom. The standard InChI is InChI=1S/C11H17BrN2S/c1-14(10-2-3-10)5-4-13-7-11-6-9(12)8-15-11/h6,8,10,13H,2-5,7H2,1H3. The Morgan fingerprint density at radius 1 is 1.60 bits per heavy atom. The minimum Gasteiger partial charge on any atom is -0.311 e. The van der Waals surface area contributed by atoms with Crippen molar-refractivity contribution in [3.05, 3.63) is 20.8 Å². The van der Waals surface area contributed by atoms with E-state index in [0.717, 1.165) is 25.7 Å². The molecule has 2 nitrogen and oxygen atoms in total. The Kier molecular flexibility index (Phi) is 4.20. The molecule has 15 heavy (non-hydrogen) atoms. The second-order valence-electron chi connectivity index (χ2n) is 4.12. The maximum atomic E-state index is 3.48. The van der Waals surface area contributed by atoms with Crippen LogP contribution in [0.1, 0.15) is 17.7 Å². The fourth-order valence-electron chi connectivity index (χ4n) is 1.61. The molecular weight excluding hydrogens is 272 g/mol. The number of likely N-dealkylation sites (N-methyl/N-ethyl adjacent to an activating group) is 1. The summed E-state index contributed by atoms with van der Waals surface area (Å²) in [4.78, 5) is 3.85. The van der Waals surface area contributed by atoms with Gasteiger partial charge in [0.05, 0.1) is 0 Å². The predicted molar refractivity (Wildman–Crippen MR) is 69.4 cm³/mol. The molecule has 1 heterocycles. The van der Waals surface area contributed by atoms with E-state index in [-0.39, 0.29) is 0 Å². The molecule has 0 bridgehead atoms. The van der Waals surface area contributed by atoms with Gasteiger partial charge in [-0.3, -0.25) is 0 Å². The first-order chi connectivity index (χ1) is 7.25. The van der Waals surface area contributed by atoms with Gasteiger partial charge in [-0.1, -0.05) is 0 Å². The molecule has 0 aromatic carbocycles. The van der Waals surface area contributed by atoms with Gasteiger partial charge >= 0.3 is 0 Å². The van der Waals surface area contributed by atoms with E-state index < -0.39 is 0 Å². The summed E-state index contributed by atoms with van der Waals surface area (Å²) in [5.41, 5.74) is 0. The smallest absolute Gasteiger partial charge is 0.0300 e. The molecule has 0 spiro atoms. The number of nitrogens with zero attached hydrogens (tertiary/aromatic N) is 1. The summed E-state index contributed by atoms with van der Waals surface area (Å²) in [6.07, 6.45) is 2.79. The van der Waals surface area contributed by atoms with E-state index in [1.807, 2.05) is 0 Å². The van der Waals surface area contributed by atoms with E-state index in [1.165, 1.54) is 22.2 Å². The van der Waals surface area contributed by atoms with E-state index in [1.54, 1.807) is 11.3 Å². The van der Waals surface area contributed by atoms with Crippen LogP contribution in [0.25, 0.3) is 0 Å². The molecule has 1 aliphatic carbocycles. The highest BCUT2D eigenvalue weighted by Gasteiger charge is 2.25. The second kappa shape index (κ2) is 5.43. The molecule has 0 aliphatic heterocycles. The molecule has 4 heteroatoms. The fourth-order valence-corrected chi connectivity index (χ4v) is 3.03. The topological polar surface area (TPSA) is 15.3 Å². The first kappa shape index (κ1) is 11.6. The normalized spacial score (nSPS) is 16.2. The van der Waals surface area contributed by atoms with Gasteiger partial charge in [0, 0.05) is 40.4 Å². The summed E-state index contributed by atoms with van der Waals surface area (Å²) in [6, 6.07) is 3.06. The molecule has 2 rings (SSSR count).